The average molecular weight is 196 g/mol. The molecule has 2 unspecified atom stereocenters. The van der Waals surface area contributed by atoms with Crippen molar-refractivity contribution in [1.29, 1.82) is 0 Å². The molecule has 0 aliphatic heterocycles. The second-order valence-electron chi connectivity index (χ2n) is 3.41. The summed E-state index contributed by atoms with van der Waals surface area (Å²) in [6, 6.07) is -0.112. The van der Waals surface area contributed by atoms with Crippen LogP contribution in [0.1, 0.15) is 39.1 Å². The predicted molar refractivity (Wildman–Crippen MR) is 52.4 cm³/mol. The second-order valence-corrected chi connectivity index (χ2v) is 3.41. The Morgan fingerprint density at radius 3 is 2.86 bits per heavy atom. The van der Waals surface area contributed by atoms with Gasteiger partial charge in [0, 0.05) is 5.92 Å². The lowest BCUT2D eigenvalue weighted by Gasteiger charge is -2.14. The van der Waals surface area contributed by atoms with Crippen LogP contribution in [0.5, 0.6) is 0 Å². The van der Waals surface area contributed by atoms with Gasteiger partial charge >= 0.3 is 0 Å². The molecule has 0 radical (unpaired) electrons. The van der Waals surface area contributed by atoms with Gasteiger partial charge in [-0.15, -0.1) is 0 Å². The number of aromatic amines is 1. The third-order valence-electron chi connectivity index (χ3n) is 2.26. The van der Waals surface area contributed by atoms with Gasteiger partial charge in [0.25, 0.3) is 0 Å². The number of rotatable bonds is 4. The molecule has 0 saturated heterocycles. The van der Waals surface area contributed by atoms with Gasteiger partial charge in [0.2, 0.25) is 5.91 Å². The van der Waals surface area contributed by atoms with Gasteiger partial charge < -0.3 is 5.32 Å². The maximum atomic E-state index is 11.5. The minimum atomic E-state index is -0.112. The first kappa shape index (κ1) is 10.7. The third-order valence-corrected chi connectivity index (χ3v) is 2.26. The van der Waals surface area contributed by atoms with Gasteiger partial charge in [-0.2, -0.15) is 5.10 Å². The van der Waals surface area contributed by atoms with Crippen molar-refractivity contribution in [2.75, 3.05) is 0 Å². The van der Waals surface area contributed by atoms with Crippen molar-refractivity contribution >= 4 is 5.91 Å². The van der Waals surface area contributed by atoms with Crippen molar-refractivity contribution in [2.45, 2.75) is 33.2 Å². The van der Waals surface area contributed by atoms with E-state index in [2.05, 4.69) is 20.5 Å². The minimum absolute atomic E-state index is 0.0420. The first-order chi connectivity index (χ1) is 6.65. The highest BCUT2D eigenvalue weighted by atomic mass is 16.1. The highest BCUT2D eigenvalue weighted by Crippen LogP contribution is 2.07. The quantitative estimate of drug-likeness (QED) is 0.755. The molecular formula is C9H16N4O. The molecule has 5 heteroatoms. The monoisotopic (exact) mass is 196 g/mol. The number of carbonyl (C=O) groups excluding carboxylic acids is 1. The molecule has 1 aromatic rings. The van der Waals surface area contributed by atoms with E-state index in [1.807, 2.05) is 20.8 Å². The molecule has 5 nitrogen and oxygen atoms in total. The lowest BCUT2D eigenvalue weighted by molar-refractivity contribution is -0.125. The van der Waals surface area contributed by atoms with Crippen molar-refractivity contribution in [2.24, 2.45) is 5.92 Å². The zero-order valence-corrected chi connectivity index (χ0v) is 8.74. The van der Waals surface area contributed by atoms with Crippen LogP contribution in [-0.2, 0) is 4.79 Å². The Morgan fingerprint density at radius 1 is 1.64 bits per heavy atom. The summed E-state index contributed by atoms with van der Waals surface area (Å²) in [6.45, 7) is 5.77. The van der Waals surface area contributed by atoms with Gasteiger partial charge in [0.05, 0.1) is 6.04 Å². The van der Waals surface area contributed by atoms with Gasteiger partial charge in [-0.25, -0.2) is 4.98 Å². The fraction of sp³-hybridized carbons (Fsp3) is 0.667. The summed E-state index contributed by atoms with van der Waals surface area (Å²) in [6.07, 6.45) is 2.27. The second kappa shape index (κ2) is 4.74. The van der Waals surface area contributed by atoms with Crippen LogP contribution in [-0.4, -0.2) is 21.1 Å². The largest absolute Gasteiger partial charge is 0.346 e. The zero-order chi connectivity index (χ0) is 10.6. The molecule has 0 aromatic carbocycles. The molecule has 0 aliphatic carbocycles. The fourth-order valence-corrected chi connectivity index (χ4v) is 1.03. The summed E-state index contributed by atoms with van der Waals surface area (Å²) in [5.41, 5.74) is 0. The van der Waals surface area contributed by atoms with E-state index in [0.717, 1.165) is 6.42 Å². The van der Waals surface area contributed by atoms with Gasteiger partial charge in [0.1, 0.15) is 12.2 Å². The topological polar surface area (TPSA) is 70.7 Å². The van der Waals surface area contributed by atoms with Gasteiger partial charge in [-0.05, 0) is 13.3 Å². The van der Waals surface area contributed by atoms with E-state index in [1.54, 1.807) is 0 Å². The number of nitrogens with zero attached hydrogens (tertiary/aromatic N) is 2. The van der Waals surface area contributed by atoms with E-state index in [9.17, 15) is 4.79 Å². The predicted octanol–water partition coefficient (Wildman–Crippen LogP) is 1.03. The Morgan fingerprint density at radius 2 is 2.36 bits per heavy atom. The molecular weight excluding hydrogens is 180 g/mol. The number of hydrogen-bond donors (Lipinski definition) is 2. The number of H-pyrrole nitrogens is 1. The van der Waals surface area contributed by atoms with Crippen LogP contribution in [0.25, 0.3) is 0 Å². The molecule has 0 saturated carbocycles. The number of aromatic nitrogens is 3. The normalized spacial score (nSPS) is 14.8. The Kier molecular flexibility index (Phi) is 3.62. The smallest absolute Gasteiger partial charge is 0.223 e. The van der Waals surface area contributed by atoms with E-state index in [1.165, 1.54) is 6.33 Å². The van der Waals surface area contributed by atoms with E-state index in [4.69, 9.17) is 0 Å². The van der Waals surface area contributed by atoms with Crippen molar-refractivity contribution in [1.82, 2.24) is 20.5 Å². The number of nitrogens with one attached hydrogen (secondary N) is 2. The van der Waals surface area contributed by atoms with Crippen LogP contribution >= 0.6 is 0 Å². The molecule has 1 amide bonds. The molecule has 0 aliphatic rings. The SMILES string of the molecule is CCC(C)C(=O)NC(C)c1ncn[nH]1. The van der Waals surface area contributed by atoms with Gasteiger partial charge in [0.15, 0.2) is 0 Å². The van der Waals surface area contributed by atoms with Crippen LogP contribution in [0.15, 0.2) is 6.33 Å². The van der Waals surface area contributed by atoms with E-state index >= 15 is 0 Å². The Hall–Kier alpha value is -1.39. The first-order valence-electron chi connectivity index (χ1n) is 4.80. The molecule has 0 fully saturated rings. The van der Waals surface area contributed by atoms with Gasteiger partial charge in [-0.3, -0.25) is 9.89 Å². The zero-order valence-electron chi connectivity index (χ0n) is 8.74. The first-order valence-corrected chi connectivity index (χ1v) is 4.80. The number of carbonyl (C=O) groups is 1. The van der Waals surface area contributed by atoms with Crippen LogP contribution in [0, 0.1) is 5.92 Å². The van der Waals surface area contributed by atoms with E-state index < -0.39 is 0 Å². The van der Waals surface area contributed by atoms with Crippen molar-refractivity contribution < 1.29 is 4.79 Å². The molecule has 0 spiro atoms. The molecule has 1 rings (SSSR count). The molecule has 2 atom stereocenters. The molecule has 14 heavy (non-hydrogen) atoms. The molecule has 78 valence electrons. The fourth-order valence-electron chi connectivity index (χ4n) is 1.03. The van der Waals surface area contributed by atoms with Crippen LogP contribution in [0.2, 0.25) is 0 Å². The lowest BCUT2D eigenvalue weighted by atomic mass is 10.1. The maximum Gasteiger partial charge on any atom is 0.223 e. The average Bonchev–Trinajstić information content (AvgIpc) is 2.69. The molecule has 0 bridgehead atoms. The Bertz CT molecular complexity index is 283. The molecule has 2 N–H and O–H groups in total. The van der Waals surface area contributed by atoms with Crippen LogP contribution in [0.4, 0.5) is 0 Å². The van der Waals surface area contributed by atoms with Gasteiger partial charge in [-0.1, -0.05) is 13.8 Å². The van der Waals surface area contributed by atoms with Crippen molar-refractivity contribution in [3.05, 3.63) is 12.2 Å². The minimum Gasteiger partial charge on any atom is -0.346 e. The number of hydrogen-bond acceptors (Lipinski definition) is 3. The Labute approximate surface area is 83.3 Å². The highest BCUT2D eigenvalue weighted by Gasteiger charge is 2.15. The van der Waals surface area contributed by atoms with E-state index in [0.29, 0.717) is 5.82 Å². The van der Waals surface area contributed by atoms with Crippen molar-refractivity contribution in [3.63, 3.8) is 0 Å². The van der Waals surface area contributed by atoms with Crippen LogP contribution < -0.4 is 5.32 Å². The van der Waals surface area contributed by atoms with E-state index in [-0.39, 0.29) is 17.9 Å². The summed E-state index contributed by atoms with van der Waals surface area (Å²) in [5, 5.41) is 9.31. The molecule has 1 heterocycles. The summed E-state index contributed by atoms with van der Waals surface area (Å²) >= 11 is 0. The third kappa shape index (κ3) is 2.55. The lowest BCUT2D eigenvalue weighted by Crippen LogP contribution is -2.31. The highest BCUT2D eigenvalue weighted by molar-refractivity contribution is 5.78. The van der Waals surface area contributed by atoms with Crippen molar-refractivity contribution in [3.8, 4) is 0 Å². The Balaban J connectivity index is 2.49. The standard InChI is InChI=1S/C9H16N4O/c1-4-6(2)9(14)12-7(3)8-10-5-11-13-8/h5-7H,4H2,1-3H3,(H,12,14)(H,10,11,13). The van der Waals surface area contributed by atoms with Crippen LogP contribution in [0.3, 0.4) is 0 Å². The summed E-state index contributed by atoms with van der Waals surface area (Å²) in [5.74, 6) is 0.776. The summed E-state index contributed by atoms with van der Waals surface area (Å²) in [7, 11) is 0. The summed E-state index contributed by atoms with van der Waals surface area (Å²) in [4.78, 5) is 15.5. The maximum absolute atomic E-state index is 11.5. The number of amides is 1. The summed E-state index contributed by atoms with van der Waals surface area (Å²) < 4.78 is 0. The molecule has 1 aromatic heterocycles.